The van der Waals surface area contributed by atoms with Crippen molar-refractivity contribution in [2.45, 2.75) is 45.4 Å². The van der Waals surface area contributed by atoms with Crippen LogP contribution in [-0.4, -0.2) is 30.6 Å². The Kier molecular flexibility index (Phi) is 4.46. The summed E-state index contributed by atoms with van der Waals surface area (Å²) in [5.74, 6) is 0.0879. The van der Waals surface area contributed by atoms with Gasteiger partial charge in [-0.1, -0.05) is 6.08 Å². The van der Waals surface area contributed by atoms with Gasteiger partial charge in [0.15, 0.2) is 0 Å². The van der Waals surface area contributed by atoms with Crippen molar-refractivity contribution < 1.29 is 9.53 Å². The molecule has 3 nitrogen and oxygen atoms in total. The molecule has 0 aromatic heterocycles. The molecule has 0 bridgehead atoms. The van der Waals surface area contributed by atoms with Gasteiger partial charge in [0.05, 0.1) is 12.5 Å². The fourth-order valence-corrected chi connectivity index (χ4v) is 2.76. The molecule has 1 heterocycles. The smallest absolute Gasteiger partial charge is 0.309 e. The third-order valence-electron chi connectivity index (χ3n) is 3.77. The van der Waals surface area contributed by atoms with E-state index >= 15 is 0 Å². The fraction of sp³-hybridized carbons (Fsp3) is 0.786. The Morgan fingerprint density at radius 2 is 2.18 bits per heavy atom. The van der Waals surface area contributed by atoms with Gasteiger partial charge in [0.1, 0.15) is 0 Å². The zero-order valence-electron chi connectivity index (χ0n) is 10.8. The van der Waals surface area contributed by atoms with Crippen LogP contribution >= 0.6 is 0 Å². The molecule has 0 radical (unpaired) electrons. The summed E-state index contributed by atoms with van der Waals surface area (Å²) in [6.45, 7) is 4.78. The van der Waals surface area contributed by atoms with Crippen LogP contribution in [0.4, 0.5) is 0 Å². The van der Waals surface area contributed by atoms with E-state index < -0.39 is 0 Å². The summed E-state index contributed by atoms with van der Waals surface area (Å²) in [6, 6.07) is 0. The van der Waals surface area contributed by atoms with Crippen molar-refractivity contribution in [2.75, 3.05) is 19.7 Å². The predicted molar refractivity (Wildman–Crippen MR) is 67.5 cm³/mol. The summed E-state index contributed by atoms with van der Waals surface area (Å²) in [5, 5.41) is 0. The number of nitrogens with zero attached hydrogens (tertiary/aromatic N) is 1. The molecule has 2 aliphatic rings. The molecule has 0 spiro atoms. The average molecular weight is 237 g/mol. The van der Waals surface area contributed by atoms with Gasteiger partial charge in [-0.3, -0.25) is 4.79 Å². The van der Waals surface area contributed by atoms with E-state index in [1.807, 2.05) is 6.92 Å². The van der Waals surface area contributed by atoms with Gasteiger partial charge >= 0.3 is 5.97 Å². The number of carbonyl (C=O) groups is 1. The van der Waals surface area contributed by atoms with Gasteiger partial charge in [0.25, 0.3) is 0 Å². The Bertz CT molecular complexity index is 293. The summed E-state index contributed by atoms with van der Waals surface area (Å²) in [4.78, 5) is 14.1. The number of rotatable bonds is 3. The number of likely N-dealkylation sites (tertiary alicyclic amines) is 1. The lowest BCUT2D eigenvalue weighted by atomic mass is 9.91. The highest BCUT2D eigenvalue weighted by Gasteiger charge is 2.24. The first-order valence-corrected chi connectivity index (χ1v) is 6.92. The molecule has 1 unspecified atom stereocenters. The molecule has 1 aliphatic heterocycles. The monoisotopic (exact) mass is 237 g/mol. The maximum Gasteiger partial charge on any atom is 0.309 e. The third-order valence-corrected chi connectivity index (χ3v) is 3.77. The minimum atomic E-state index is -0.0126. The number of hydrogen-bond donors (Lipinski definition) is 0. The molecular formula is C14H23NO2. The van der Waals surface area contributed by atoms with Crippen molar-refractivity contribution in [3.63, 3.8) is 0 Å². The van der Waals surface area contributed by atoms with E-state index in [0.717, 1.165) is 19.3 Å². The van der Waals surface area contributed by atoms with Crippen molar-refractivity contribution in [1.29, 1.82) is 0 Å². The number of piperidine rings is 1. The maximum atomic E-state index is 11.6. The van der Waals surface area contributed by atoms with Crippen LogP contribution < -0.4 is 0 Å². The highest BCUT2D eigenvalue weighted by Crippen LogP contribution is 2.28. The maximum absolute atomic E-state index is 11.6. The predicted octanol–water partition coefficient (Wildman–Crippen LogP) is 2.72. The Hall–Kier alpha value is -0.990. The average Bonchev–Trinajstić information content (AvgIpc) is 2.40. The Morgan fingerprint density at radius 3 is 2.76 bits per heavy atom. The van der Waals surface area contributed by atoms with E-state index in [4.69, 9.17) is 4.74 Å². The van der Waals surface area contributed by atoms with Crippen molar-refractivity contribution in [1.82, 2.24) is 4.90 Å². The number of allylic oxidation sites excluding steroid dienone is 2. The SMILES string of the molecule is CCOC(=O)C1CC=C(N2CCCCC2)CC1. The van der Waals surface area contributed by atoms with E-state index in [9.17, 15) is 4.79 Å². The number of esters is 1. The van der Waals surface area contributed by atoms with Crippen molar-refractivity contribution in [2.24, 2.45) is 5.92 Å². The lowest BCUT2D eigenvalue weighted by Crippen LogP contribution is -2.31. The van der Waals surface area contributed by atoms with Crippen LogP contribution in [0.25, 0.3) is 0 Å². The van der Waals surface area contributed by atoms with Gasteiger partial charge in [0.2, 0.25) is 0 Å². The van der Waals surface area contributed by atoms with Crippen LogP contribution in [0.5, 0.6) is 0 Å². The third kappa shape index (κ3) is 3.24. The molecule has 0 saturated carbocycles. The molecule has 1 saturated heterocycles. The van der Waals surface area contributed by atoms with E-state index in [0.29, 0.717) is 6.61 Å². The van der Waals surface area contributed by atoms with Gasteiger partial charge < -0.3 is 9.64 Å². The molecule has 0 aromatic carbocycles. The van der Waals surface area contributed by atoms with Crippen LogP contribution in [0.2, 0.25) is 0 Å². The van der Waals surface area contributed by atoms with Gasteiger partial charge in [-0.25, -0.2) is 0 Å². The Morgan fingerprint density at radius 1 is 1.41 bits per heavy atom. The quantitative estimate of drug-likeness (QED) is 0.707. The summed E-state index contributed by atoms with van der Waals surface area (Å²) in [7, 11) is 0. The number of hydrogen-bond acceptors (Lipinski definition) is 3. The largest absolute Gasteiger partial charge is 0.466 e. The van der Waals surface area contributed by atoms with E-state index in [2.05, 4.69) is 11.0 Å². The van der Waals surface area contributed by atoms with E-state index in [1.165, 1.54) is 38.0 Å². The first-order chi connectivity index (χ1) is 8.31. The van der Waals surface area contributed by atoms with Gasteiger partial charge in [-0.15, -0.1) is 0 Å². The van der Waals surface area contributed by atoms with Crippen molar-refractivity contribution >= 4 is 5.97 Å². The second kappa shape index (κ2) is 6.08. The number of carbonyl (C=O) groups excluding carboxylic acids is 1. The van der Waals surface area contributed by atoms with Gasteiger partial charge in [0, 0.05) is 18.8 Å². The lowest BCUT2D eigenvalue weighted by Gasteiger charge is -2.34. The van der Waals surface area contributed by atoms with Crippen LogP contribution in [-0.2, 0) is 9.53 Å². The van der Waals surface area contributed by atoms with Gasteiger partial charge in [-0.05, 0) is 45.4 Å². The molecule has 17 heavy (non-hydrogen) atoms. The van der Waals surface area contributed by atoms with Crippen LogP contribution in [0, 0.1) is 5.92 Å². The normalized spacial score (nSPS) is 25.4. The first kappa shape index (κ1) is 12.5. The molecule has 3 heteroatoms. The summed E-state index contributed by atoms with van der Waals surface area (Å²) >= 11 is 0. The van der Waals surface area contributed by atoms with E-state index in [1.54, 1.807) is 0 Å². The fourth-order valence-electron chi connectivity index (χ4n) is 2.76. The summed E-state index contributed by atoms with van der Waals surface area (Å²) < 4.78 is 5.08. The molecule has 0 amide bonds. The van der Waals surface area contributed by atoms with Crippen molar-refractivity contribution in [3.8, 4) is 0 Å². The Labute approximate surface area is 104 Å². The van der Waals surface area contributed by atoms with Crippen molar-refractivity contribution in [3.05, 3.63) is 11.8 Å². The molecule has 1 atom stereocenters. The topological polar surface area (TPSA) is 29.5 Å². The molecule has 0 N–H and O–H groups in total. The van der Waals surface area contributed by atoms with Crippen LogP contribution in [0.1, 0.15) is 45.4 Å². The molecule has 96 valence electrons. The second-order valence-corrected chi connectivity index (χ2v) is 4.97. The first-order valence-electron chi connectivity index (χ1n) is 6.92. The van der Waals surface area contributed by atoms with Gasteiger partial charge in [-0.2, -0.15) is 0 Å². The minimum absolute atomic E-state index is 0.0126. The zero-order valence-corrected chi connectivity index (χ0v) is 10.8. The molecule has 2 rings (SSSR count). The molecule has 1 aliphatic carbocycles. The zero-order chi connectivity index (χ0) is 12.1. The number of ether oxygens (including phenoxy) is 1. The lowest BCUT2D eigenvalue weighted by molar-refractivity contribution is -0.148. The molecule has 1 fully saturated rings. The highest BCUT2D eigenvalue weighted by molar-refractivity contribution is 5.72. The second-order valence-electron chi connectivity index (χ2n) is 4.97. The highest BCUT2D eigenvalue weighted by atomic mass is 16.5. The summed E-state index contributed by atoms with van der Waals surface area (Å²) in [5.41, 5.74) is 1.46. The minimum Gasteiger partial charge on any atom is -0.466 e. The van der Waals surface area contributed by atoms with Crippen LogP contribution in [0.15, 0.2) is 11.8 Å². The molecular weight excluding hydrogens is 214 g/mol. The van der Waals surface area contributed by atoms with Crippen LogP contribution in [0.3, 0.4) is 0 Å². The standard InChI is InChI=1S/C14H23NO2/c1-2-17-14(16)12-6-8-13(9-7-12)15-10-4-3-5-11-15/h8,12H,2-7,9-11H2,1H3. The summed E-state index contributed by atoms with van der Waals surface area (Å²) in [6.07, 6.45) is 9.14. The Balaban J connectivity index is 1.85. The molecule has 0 aromatic rings. The van der Waals surface area contributed by atoms with E-state index in [-0.39, 0.29) is 11.9 Å².